The van der Waals surface area contributed by atoms with Crippen LogP contribution in [0.15, 0.2) is 18.3 Å². The minimum atomic E-state index is -0.561. The van der Waals surface area contributed by atoms with Crippen molar-refractivity contribution in [2.45, 2.75) is 6.92 Å². The van der Waals surface area contributed by atoms with Crippen LogP contribution in [-0.4, -0.2) is 27.8 Å². The maximum Gasteiger partial charge on any atom is 0.343 e. The van der Waals surface area contributed by atoms with Gasteiger partial charge in [0, 0.05) is 13.1 Å². The molecule has 19 heavy (non-hydrogen) atoms. The van der Waals surface area contributed by atoms with E-state index in [2.05, 4.69) is 14.8 Å². The van der Waals surface area contributed by atoms with E-state index in [4.69, 9.17) is 10.5 Å². The van der Waals surface area contributed by atoms with Gasteiger partial charge in [-0.15, -0.1) is 0 Å². The van der Waals surface area contributed by atoms with Crippen LogP contribution in [0.25, 0.3) is 0 Å². The van der Waals surface area contributed by atoms with Gasteiger partial charge in [0.2, 0.25) is 11.8 Å². The van der Waals surface area contributed by atoms with Crippen molar-refractivity contribution in [3.8, 4) is 11.8 Å². The highest BCUT2D eigenvalue weighted by atomic mass is 16.5. The van der Waals surface area contributed by atoms with E-state index in [1.54, 1.807) is 17.8 Å². The fourth-order valence-electron chi connectivity index (χ4n) is 1.59. The summed E-state index contributed by atoms with van der Waals surface area (Å²) in [6.45, 7) is 1.84. The first-order chi connectivity index (χ1) is 9.01. The van der Waals surface area contributed by atoms with Crippen LogP contribution in [0.4, 0.5) is 5.69 Å². The summed E-state index contributed by atoms with van der Waals surface area (Å²) in [6, 6.07) is 3.19. The zero-order valence-corrected chi connectivity index (χ0v) is 10.9. The number of esters is 1. The molecule has 0 spiro atoms. The molecule has 0 aliphatic rings. The molecule has 2 aromatic heterocycles. The molecule has 0 saturated carbocycles. The highest BCUT2D eigenvalue weighted by molar-refractivity contribution is 5.92. The fourth-order valence-corrected chi connectivity index (χ4v) is 1.59. The first-order valence-electron chi connectivity index (χ1n) is 5.53. The summed E-state index contributed by atoms with van der Waals surface area (Å²) in [7, 11) is 3.01. The van der Waals surface area contributed by atoms with Crippen LogP contribution in [0.1, 0.15) is 16.1 Å². The second kappa shape index (κ2) is 4.97. The number of anilines is 1. The molecular weight excluding hydrogens is 248 g/mol. The van der Waals surface area contributed by atoms with Crippen LogP contribution < -0.4 is 10.5 Å². The van der Waals surface area contributed by atoms with E-state index < -0.39 is 5.97 Å². The number of carbonyl (C=O) groups is 1. The Kier molecular flexibility index (Phi) is 3.37. The van der Waals surface area contributed by atoms with E-state index in [9.17, 15) is 4.79 Å². The van der Waals surface area contributed by atoms with Gasteiger partial charge in [-0.25, -0.2) is 14.5 Å². The maximum atomic E-state index is 11.6. The average molecular weight is 262 g/mol. The lowest BCUT2D eigenvalue weighted by Gasteiger charge is -2.09. The summed E-state index contributed by atoms with van der Waals surface area (Å²) in [4.78, 5) is 15.7. The minimum absolute atomic E-state index is 0.129. The van der Waals surface area contributed by atoms with Gasteiger partial charge in [-0.05, 0) is 13.0 Å². The standard InChI is InChI=1S/C12H14N4O3/c1-7-4-10(16(2)15-7)19-11-9(12(17)18-3)5-8(13)6-14-11/h4-6H,13H2,1-3H3. The zero-order valence-electron chi connectivity index (χ0n) is 10.9. The predicted octanol–water partition coefficient (Wildman–Crippen LogP) is 1.28. The average Bonchev–Trinajstić information content (AvgIpc) is 2.69. The lowest BCUT2D eigenvalue weighted by atomic mass is 10.2. The summed E-state index contributed by atoms with van der Waals surface area (Å²) in [6.07, 6.45) is 1.41. The molecule has 0 amide bonds. The predicted molar refractivity (Wildman–Crippen MR) is 68.0 cm³/mol. The molecule has 0 aromatic carbocycles. The molecule has 0 saturated heterocycles. The van der Waals surface area contributed by atoms with Gasteiger partial charge in [-0.3, -0.25) is 0 Å². The van der Waals surface area contributed by atoms with Gasteiger partial charge in [0.05, 0.1) is 24.7 Å². The molecule has 0 atom stereocenters. The molecule has 2 heterocycles. The lowest BCUT2D eigenvalue weighted by molar-refractivity contribution is 0.0597. The molecular formula is C12H14N4O3. The van der Waals surface area contributed by atoms with Crippen molar-refractivity contribution >= 4 is 11.7 Å². The molecule has 2 rings (SSSR count). The number of pyridine rings is 1. The second-order valence-electron chi connectivity index (χ2n) is 3.96. The zero-order chi connectivity index (χ0) is 14.0. The Labute approximate surface area is 110 Å². The summed E-state index contributed by atoms with van der Waals surface area (Å²) < 4.78 is 11.8. The molecule has 100 valence electrons. The van der Waals surface area contributed by atoms with Crippen LogP contribution in [0, 0.1) is 6.92 Å². The smallest absolute Gasteiger partial charge is 0.343 e. The maximum absolute atomic E-state index is 11.6. The van der Waals surface area contributed by atoms with E-state index in [1.807, 2.05) is 6.92 Å². The van der Waals surface area contributed by atoms with Crippen LogP contribution in [0.3, 0.4) is 0 Å². The number of rotatable bonds is 3. The molecule has 2 aromatic rings. The number of hydrogen-bond acceptors (Lipinski definition) is 6. The van der Waals surface area contributed by atoms with Crippen molar-refractivity contribution in [3.63, 3.8) is 0 Å². The van der Waals surface area contributed by atoms with Crippen molar-refractivity contribution < 1.29 is 14.3 Å². The SMILES string of the molecule is COC(=O)c1cc(N)cnc1Oc1cc(C)nn1C. The first kappa shape index (κ1) is 12.9. The summed E-state index contributed by atoms with van der Waals surface area (Å²) in [5.74, 6) is 0.0395. The number of nitrogens with zero attached hydrogens (tertiary/aromatic N) is 3. The third-order valence-corrected chi connectivity index (χ3v) is 2.44. The Balaban J connectivity index is 2.39. The van der Waals surface area contributed by atoms with Crippen LogP contribution >= 0.6 is 0 Å². The summed E-state index contributed by atoms with van der Waals surface area (Å²) >= 11 is 0. The van der Waals surface area contributed by atoms with E-state index in [0.29, 0.717) is 11.6 Å². The quantitative estimate of drug-likeness (QED) is 0.838. The van der Waals surface area contributed by atoms with E-state index in [-0.39, 0.29) is 11.4 Å². The molecule has 0 aliphatic heterocycles. The number of carbonyl (C=O) groups excluding carboxylic acids is 1. The lowest BCUT2D eigenvalue weighted by Crippen LogP contribution is -2.07. The van der Waals surface area contributed by atoms with Crippen molar-refractivity contribution in [1.29, 1.82) is 0 Å². The van der Waals surface area contributed by atoms with Crippen molar-refractivity contribution in [2.75, 3.05) is 12.8 Å². The Morgan fingerprint density at radius 3 is 2.74 bits per heavy atom. The number of hydrogen-bond donors (Lipinski definition) is 1. The van der Waals surface area contributed by atoms with Crippen LogP contribution in [0.5, 0.6) is 11.8 Å². The van der Waals surface area contributed by atoms with Gasteiger partial charge in [0.25, 0.3) is 0 Å². The third-order valence-electron chi connectivity index (χ3n) is 2.44. The largest absolute Gasteiger partial charge is 0.465 e. The van der Waals surface area contributed by atoms with Gasteiger partial charge in [0.15, 0.2) is 0 Å². The highest BCUT2D eigenvalue weighted by Gasteiger charge is 2.17. The topological polar surface area (TPSA) is 92.3 Å². The van der Waals surface area contributed by atoms with E-state index >= 15 is 0 Å². The van der Waals surface area contributed by atoms with Gasteiger partial charge < -0.3 is 15.2 Å². The molecule has 0 aliphatic carbocycles. The van der Waals surface area contributed by atoms with E-state index in [0.717, 1.165) is 5.69 Å². The van der Waals surface area contributed by atoms with Crippen molar-refractivity contribution in [2.24, 2.45) is 7.05 Å². The Morgan fingerprint density at radius 2 is 2.16 bits per heavy atom. The van der Waals surface area contributed by atoms with Gasteiger partial charge in [-0.1, -0.05) is 0 Å². The third kappa shape index (κ3) is 2.65. The number of nitrogens with two attached hydrogens (primary N) is 1. The van der Waals surface area contributed by atoms with Crippen LogP contribution in [-0.2, 0) is 11.8 Å². The fraction of sp³-hybridized carbons (Fsp3) is 0.250. The molecule has 0 unspecified atom stereocenters. The van der Waals surface area contributed by atoms with Crippen molar-refractivity contribution in [1.82, 2.24) is 14.8 Å². The highest BCUT2D eigenvalue weighted by Crippen LogP contribution is 2.25. The van der Waals surface area contributed by atoms with Gasteiger partial charge in [0.1, 0.15) is 5.56 Å². The number of nitrogen functional groups attached to an aromatic ring is 1. The molecule has 7 heteroatoms. The Hall–Kier alpha value is -2.57. The number of methoxy groups -OCH3 is 1. The van der Waals surface area contributed by atoms with E-state index in [1.165, 1.54) is 19.4 Å². The first-order valence-corrected chi connectivity index (χ1v) is 5.53. The van der Waals surface area contributed by atoms with Crippen molar-refractivity contribution in [3.05, 3.63) is 29.6 Å². The monoisotopic (exact) mass is 262 g/mol. The van der Waals surface area contributed by atoms with Crippen LogP contribution in [0.2, 0.25) is 0 Å². The normalized spacial score (nSPS) is 10.3. The summed E-state index contributed by atoms with van der Waals surface area (Å²) in [5, 5.41) is 4.14. The summed E-state index contributed by atoms with van der Waals surface area (Å²) in [5.41, 5.74) is 6.93. The number of aryl methyl sites for hydroxylation is 2. The second-order valence-corrected chi connectivity index (χ2v) is 3.96. The van der Waals surface area contributed by atoms with Gasteiger partial charge >= 0.3 is 5.97 Å². The molecule has 0 radical (unpaired) electrons. The molecule has 7 nitrogen and oxygen atoms in total. The Bertz CT molecular complexity index is 621. The number of ether oxygens (including phenoxy) is 2. The molecule has 0 fully saturated rings. The number of aromatic nitrogens is 3. The molecule has 2 N–H and O–H groups in total. The molecule has 0 bridgehead atoms. The van der Waals surface area contributed by atoms with Gasteiger partial charge in [-0.2, -0.15) is 5.10 Å². The Morgan fingerprint density at radius 1 is 1.42 bits per heavy atom. The minimum Gasteiger partial charge on any atom is -0.465 e.